The molecule has 0 radical (unpaired) electrons. The first-order valence-corrected chi connectivity index (χ1v) is 6.32. The second kappa shape index (κ2) is 6.33. The molecule has 0 bridgehead atoms. The van der Waals surface area contributed by atoms with Crippen molar-refractivity contribution in [3.05, 3.63) is 47.5 Å². The number of carbonyl (C=O) groups excluding carboxylic acids is 1. The SMILES string of the molecule is C[C@H](CCOC(=O)c1ccccc1Cl)n1cncn1. The van der Waals surface area contributed by atoms with Crippen LogP contribution in [0, 0.1) is 0 Å². The van der Waals surface area contributed by atoms with Crippen molar-refractivity contribution < 1.29 is 9.53 Å². The lowest BCUT2D eigenvalue weighted by Gasteiger charge is -2.11. The molecule has 0 saturated heterocycles. The number of rotatable bonds is 5. The molecule has 0 unspecified atom stereocenters. The Morgan fingerprint density at radius 1 is 1.47 bits per heavy atom. The van der Waals surface area contributed by atoms with Gasteiger partial charge in [-0.25, -0.2) is 9.78 Å². The zero-order valence-electron chi connectivity index (χ0n) is 10.5. The maximum absolute atomic E-state index is 11.8. The first-order chi connectivity index (χ1) is 9.18. The predicted molar refractivity (Wildman–Crippen MR) is 71.1 cm³/mol. The van der Waals surface area contributed by atoms with E-state index in [4.69, 9.17) is 16.3 Å². The fourth-order valence-corrected chi connectivity index (χ4v) is 1.82. The topological polar surface area (TPSA) is 57.0 Å². The Kier molecular flexibility index (Phi) is 4.52. The third-order valence-corrected chi connectivity index (χ3v) is 3.08. The Bertz CT molecular complexity index is 543. The molecule has 0 aliphatic carbocycles. The third kappa shape index (κ3) is 3.54. The summed E-state index contributed by atoms with van der Waals surface area (Å²) < 4.78 is 6.92. The highest BCUT2D eigenvalue weighted by atomic mass is 35.5. The van der Waals surface area contributed by atoms with Gasteiger partial charge in [0.1, 0.15) is 12.7 Å². The summed E-state index contributed by atoms with van der Waals surface area (Å²) in [6.45, 7) is 2.29. The second-order valence-corrected chi connectivity index (χ2v) is 4.54. The van der Waals surface area contributed by atoms with E-state index in [1.165, 1.54) is 6.33 Å². The van der Waals surface area contributed by atoms with Gasteiger partial charge >= 0.3 is 5.97 Å². The van der Waals surface area contributed by atoms with Crippen LogP contribution in [0.15, 0.2) is 36.9 Å². The lowest BCUT2D eigenvalue weighted by molar-refractivity contribution is 0.0485. The molecular formula is C13H14ClN3O2. The van der Waals surface area contributed by atoms with Gasteiger partial charge in [-0.15, -0.1) is 0 Å². The number of aromatic nitrogens is 3. The molecule has 6 heteroatoms. The highest BCUT2D eigenvalue weighted by molar-refractivity contribution is 6.33. The van der Waals surface area contributed by atoms with E-state index in [1.807, 2.05) is 6.92 Å². The fraction of sp³-hybridized carbons (Fsp3) is 0.308. The molecule has 1 aromatic carbocycles. The Morgan fingerprint density at radius 3 is 2.95 bits per heavy atom. The van der Waals surface area contributed by atoms with Gasteiger partial charge in [-0.1, -0.05) is 23.7 Å². The number of halogens is 1. The van der Waals surface area contributed by atoms with Crippen molar-refractivity contribution in [1.82, 2.24) is 14.8 Å². The van der Waals surface area contributed by atoms with Crippen LogP contribution >= 0.6 is 11.6 Å². The van der Waals surface area contributed by atoms with Crippen molar-refractivity contribution in [2.45, 2.75) is 19.4 Å². The maximum Gasteiger partial charge on any atom is 0.339 e. The zero-order valence-corrected chi connectivity index (χ0v) is 11.2. The van der Waals surface area contributed by atoms with Crippen LogP contribution in [0.1, 0.15) is 29.7 Å². The van der Waals surface area contributed by atoms with Crippen LogP contribution in [0.2, 0.25) is 5.02 Å². The standard InChI is InChI=1S/C13H14ClN3O2/c1-10(17-9-15-8-16-17)6-7-19-13(18)11-4-2-3-5-12(11)14/h2-5,8-10H,6-7H2,1H3/t10-/m1/s1. The summed E-state index contributed by atoms with van der Waals surface area (Å²) >= 11 is 5.92. The number of benzene rings is 1. The van der Waals surface area contributed by atoms with Crippen LogP contribution in [0.4, 0.5) is 0 Å². The average Bonchev–Trinajstić information content (AvgIpc) is 2.93. The van der Waals surface area contributed by atoms with Gasteiger partial charge in [-0.2, -0.15) is 5.10 Å². The molecule has 1 heterocycles. The number of hydrogen-bond donors (Lipinski definition) is 0. The quantitative estimate of drug-likeness (QED) is 0.790. The minimum atomic E-state index is -0.406. The fourth-order valence-electron chi connectivity index (χ4n) is 1.60. The molecule has 0 aliphatic rings. The number of hydrogen-bond acceptors (Lipinski definition) is 4. The maximum atomic E-state index is 11.8. The molecule has 2 aromatic rings. The van der Waals surface area contributed by atoms with Gasteiger partial charge in [0.05, 0.1) is 23.2 Å². The minimum Gasteiger partial charge on any atom is -0.462 e. The van der Waals surface area contributed by atoms with Crippen LogP contribution in [-0.4, -0.2) is 27.3 Å². The van der Waals surface area contributed by atoms with Crippen LogP contribution < -0.4 is 0 Å². The number of nitrogens with zero attached hydrogens (tertiary/aromatic N) is 3. The van der Waals surface area contributed by atoms with Gasteiger partial charge in [0, 0.05) is 6.42 Å². The van der Waals surface area contributed by atoms with Crippen LogP contribution in [0.5, 0.6) is 0 Å². The summed E-state index contributed by atoms with van der Waals surface area (Å²) in [6, 6.07) is 6.95. The lowest BCUT2D eigenvalue weighted by atomic mass is 10.2. The van der Waals surface area contributed by atoms with E-state index in [0.29, 0.717) is 23.6 Å². The molecule has 19 heavy (non-hydrogen) atoms. The van der Waals surface area contributed by atoms with E-state index >= 15 is 0 Å². The van der Waals surface area contributed by atoms with Crippen molar-refractivity contribution in [3.8, 4) is 0 Å². The molecule has 0 aliphatic heterocycles. The Hall–Kier alpha value is -1.88. The van der Waals surface area contributed by atoms with Gasteiger partial charge in [0.15, 0.2) is 0 Å². The number of ether oxygens (including phenoxy) is 1. The Balaban J connectivity index is 1.83. The molecule has 0 spiro atoms. The zero-order chi connectivity index (χ0) is 13.7. The molecule has 100 valence electrons. The summed E-state index contributed by atoms with van der Waals surface area (Å²) in [5.74, 6) is -0.406. The van der Waals surface area contributed by atoms with Crippen molar-refractivity contribution in [2.24, 2.45) is 0 Å². The van der Waals surface area contributed by atoms with Gasteiger partial charge < -0.3 is 4.74 Å². The third-order valence-electron chi connectivity index (χ3n) is 2.75. The van der Waals surface area contributed by atoms with E-state index in [2.05, 4.69) is 10.1 Å². The van der Waals surface area contributed by atoms with E-state index in [0.717, 1.165) is 0 Å². The van der Waals surface area contributed by atoms with Gasteiger partial charge in [-0.3, -0.25) is 4.68 Å². The highest BCUT2D eigenvalue weighted by Crippen LogP contribution is 2.16. The summed E-state index contributed by atoms with van der Waals surface area (Å²) in [5.41, 5.74) is 0.387. The number of esters is 1. The van der Waals surface area contributed by atoms with E-state index in [9.17, 15) is 4.79 Å². The molecule has 2 rings (SSSR count). The first kappa shape index (κ1) is 13.5. The molecular weight excluding hydrogens is 266 g/mol. The molecule has 0 N–H and O–H groups in total. The van der Waals surface area contributed by atoms with E-state index < -0.39 is 5.97 Å². The van der Waals surface area contributed by atoms with Crippen LogP contribution in [-0.2, 0) is 4.74 Å². The summed E-state index contributed by atoms with van der Waals surface area (Å²) in [4.78, 5) is 15.7. The second-order valence-electron chi connectivity index (χ2n) is 4.13. The van der Waals surface area contributed by atoms with Crippen molar-refractivity contribution in [3.63, 3.8) is 0 Å². The van der Waals surface area contributed by atoms with Crippen LogP contribution in [0.25, 0.3) is 0 Å². The Morgan fingerprint density at radius 2 is 2.26 bits per heavy atom. The summed E-state index contributed by atoms with van der Waals surface area (Å²) in [6.07, 6.45) is 3.78. The normalized spacial score (nSPS) is 12.1. The largest absolute Gasteiger partial charge is 0.462 e. The highest BCUT2D eigenvalue weighted by Gasteiger charge is 2.12. The Labute approximate surface area is 116 Å². The van der Waals surface area contributed by atoms with Crippen LogP contribution in [0.3, 0.4) is 0 Å². The lowest BCUT2D eigenvalue weighted by Crippen LogP contribution is -2.12. The monoisotopic (exact) mass is 279 g/mol. The summed E-state index contributed by atoms with van der Waals surface area (Å²) in [7, 11) is 0. The molecule has 0 fully saturated rings. The van der Waals surface area contributed by atoms with Gasteiger partial charge in [-0.05, 0) is 19.1 Å². The van der Waals surface area contributed by atoms with Gasteiger partial charge in [0.25, 0.3) is 0 Å². The predicted octanol–water partition coefficient (Wildman–Crippen LogP) is 2.74. The summed E-state index contributed by atoms with van der Waals surface area (Å²) in [5, 5.41) is 4.43. The smallest absolute Gasteiger partial charge is 0.339 e. The number of carbonyl (C=O) groups is 1. The van der Waals surface area contributed by atoms with Crippen molar-refractivity contribution >= 4 is 17.6 Å². The molecule has 0 amide bonds. The van der Waals surface area contributed by atoms with E-state index in [-0.39, 0.29) is 6.04 Å². The van der Waals surface area contributed by atoms with Crippen molar-refractivity contribution in [1.29, 1.82) is 0 Å². The van der Waals surface area contributed by atoms with E-state index in [1.54, 1.807) is 35.3 Å². The molecule has 0 saturated carbocycles. The first-order valence-electron chi connectivity index (χ1n) is 5.94. The minimum absolute atomic E-state index is 0.126. The molecule has 1 aromatic heterocycles. The van der Waals surface area contributed by atoms with Crippen molar-refractivity contribution in [2.75, 3.05) is 6.61 Å². The molecule has 1 atom stereocenters. The van der Waals surface area contributed by atoms with Gasteiger partial charge in [0.2, 0.25) is 0 Å². The molecule has 5 nitrogen and oxygen atoms in total. The average molecular weight is 280 g/mol.